The van der Waals surface area contributed by atoms with E-state index in [1.165, 1.54) is 11.9 Å². The molecule has 9 nitrogen and oxygen atoms in total. The van der Waals surface area contributed by atoms with Crippen molar-refractivity contribution in [2.45, 2.75) is 50.9 Å². The minimum atomic E-state index is 0.0408. The molecule has 0 radical (unpaired) electrons. The lowest BCUT2D eigenvalue weighted by Gasteiger charge is -2.34. The number of piperidine rings is 1. The van der Waals surface area contributed by atoms with E-state index >= 15 is 0 Å². The largest absolute Gasteiger partial charge is 0.474 e. The second-order valence-electron chi connectivity index (χ2n) is 8.50. The van der Waals surface area contributed by atoms with Crippen molar-refractivity contribution in [3.8, 4) is 17.3 Å². The molecule has 0 amide bonds. The van der Waals surface area contributed by atoms with E-state index in [4.69, 9.17) is 15.9 Å². The Bertz CT molecular complexity index is 1120. The highest BCUT2D eigenvalue weighted by Crippen LogP contribution is 2.30. The van der Waals surface area contributed by atoms with Gasteiger partial charge in [0.2, 0.25) is 11.0 Å². The average molecular weight is 479 g/mol. The van der Waals surface area contributed by atoms with Crippen molar-refractivity contribution in [1.29, 1.82) is 5.41 Å². The molecule has 178 valence electrons. The lowest BCUT2D eigenvalue weighted by molar-refractivity contribution is 0.0812. The van der Waals surface area contributed by atoms with Crippen LogP contribution in [0.4, 0.5) is 11.5 Å². The van der Waals surface area contributed by atoms with Gasteiger partial charge in [-0.2, -0.15) is 4.98 Å². The normalized spacial score (nSPS) is 14.8. The third-order valence-corrected chi connectivity index (χ3v) is 6.44. The molecule has 1 saturated heterocycles. The van der Waals surface area contributed by atoms with Crippen molar-refractivity contribution in [3.05, 3.63) is 48.3 Å². The Balaban J connectivity index is 1.51. The summed E-state index contributed by atoms with van der Waals surface area (Å²) < 4.78 is 9.52. The molecule has 0 spiro atoms. The van der Waals surface area contributed by atoms with Crippen LogP contribution in [0.1, 0.15) is 39.2 Å². The van der Waals surface area contributed by atoms with E-state index in [1.807, 2.05) is 24.3 Å². The predicted octanol–water partition coefficient (Wildman–Crippen LogP) is 4.27. The molecule has 0 aliphatic carbocycles. The molecule has 0 atom stereocenters. The summed E-state index contributed by atoms with van der Waals surface area (Å²) in [6.07, 6.45) is 5.27. The first-order valence-electron chi connectivity index (χ1n) is 11.3. The Labute approximate surface area is 204 Å². The predicted molar refractivity (Wildman–Crippen MR) is 136 cm³/mol. The van der Waals surface area contributed by atoms with E-state index in [1.54, 1.807) is 25.4 Å². The van der Waals surface area contributed by atoms with Crippen molar-refractivity contribution in [2.24, 2.45) is 0 Å². The fraction of sp³-hybridized carbons (Fsp3) is 0.375. The molecule has 2 aromatic heterocycles. The molecule has 3 heterocycles. The van der Waals surface area contributed by atoms with Crippen molar-refractivity contribution >= 4 is 29.2 Å². The Hall–Kier alpha value is -3.24. The molecule has 1 aliphatic heterocycles. The van der Waals surface area contributed by atoms with Crippen molar-refractivity contribution < 1.29 is 4.74 Å². The number of anilines is 2. The van der Waals surface area contributed by atoms with Crippen LogP contribution in [0.2, 0.25) is 0 Å². The van der Waals surface area contributed by atoms with E-state index < -0.39 is 0 Å². The van der Waals surface area contributed by atoms with Crippen molar-refractivity contribution in [3.63, 3.8) is 0 Å². The van der Waals surface area contributed by atoms with Gasteiger partial charge in [-0.15, -0.1) is 0 Å². The van der Waals surface area contributed by atoms with E-state index in [9.17, 15) is 0 Å². The van der Waals surface area contributed by atoms with E-state index in [0.717, 1.165) is 37.2 Å². The molecule has 0 unspecified atom stereocenters. The first-order valence-corrected chi connectivity index (χ1v) is 12.2. The van der Waals surface area contributed by atoms with Gasteiger partial charge in [0, 0.05) is 60.4 Å². The van der Waals surface area contributed by atoms with Crippen LogP contribution in [0.3, 0.4) is 0 Å². The van der Waals surface area contributed by atoms with Gasteiger partial charge in [-0.1, -0.05) is 0 Å². The lowest BCUT2D eigenvalue weighted by Crippen LogP contribution is -2.42. The first-order chi connectivity index (χ1) is 16.4. The van der Waals surface area contributed by atoms with Gasteiger partial charge in [0.05, 0.1) is 5.56 Å². The smallest absolute Gasteiger partial charge is 0.228 e. The number of ether oxygens (including phenoxy) is 1. The molecule has 3 aromatic rings. The summed E-state index contributed by atoms with van der Waals surface area (Å²) in [5.41, 5.74) is 8.72. The van der Waals surface area contributed by atoms with Gasteiger partial charge in [0.1, 0.15) is 11.9 Å². The zero-order chi connectivity index (χ0) is 24.1. The Kier molecular flexibility index (Phi) is 7.59. The fourth-order valence-corrected chi connectivity index (χ4v) is 4.39. The van der Waals surface area contributed by atoms with Crippen LogP contribution in [-0.4, -0.2) is 55.8 Å². The van der Waals surface area contributed by atoms with Gasteiger partial charge < -0.3 is 25.5 Å². The third kappa shape index (κ3) is 5.81. The molecule has 1 fully saturated rings. The number of nitrogens with zero attached hydrogens (tertiary/aromatic N) is 5. The number of nitrogen functional groups attached to an aromatic ring is 1. The quantitative estimate of drug-likeness (QED) is 0.247. The summed E-state index contributed by atoms with van der Waals surface area (Å²) in [4.78, 5) is 20.0. The molecular weight excluding hydrogens is 448 g/mol. The maximum atomic E-state index is 8.17. The monoisotopic (exact) mass is 478 g/mol. The molecule has 1 aromatic carbocycles. The molecule has 1 aliphatic rings. The van der Waals surface area contributed by atoms with Crippen LogP contribution in [0.15, 0.2) is 47.9 Å². The van der Waals surface area contributed by atoms with Gasteiger partial charge in [-0.25, -0.2) is 15.0 Å². The average Bonchev–Trinajstić information content (AvgIpc) is 2.83. The highest BCUT2D eigenvalue weighted by atomic mass is 32.2. The summed E-state index contributed by atoms with van der Waals surface area (Å²) in [5.74, 6) is 1.12. The highest BCUT2D eigenvalue weighted by Gasteiger charge is 2.25. The van der Waals surface area contributed by atoms with Gasteiger partial charge in [0.15, 0.2) is 5.82 Å². The van der Waals surface area contributed by atoms with Crippen LogP contribution in [0.5, 0.6) is 5.88 Å². The zero-order valence-electron chi connectivity index (χ0n) is 19.7. The molecule has 10 heteroatoms. The maximum absolute atomic E-state index is 8.17. The van der Waals surface area contributed by atoms with Gasteiger partial charge in [-0.05, 0) is 63.9 Å². The number of benzene rings is 1. The molecule has 0 saturated carbocycles. The SMILES string of the molecule is CC(=N)c1c(N)nc(-c2ccc(NSc3ncccn3)cc2)nc1OC1CCN(C(C)C)CC1. The molecular formula is C24H30N8OS. The fourth-order valence-electron chi connectivity index (χ4n) is 3.82. The number of rotatable bonds is 8. The van der Waals surface area contributed by atoms with Crippen molar-refractivity contribution in [2.75, 3.05) is 23.5 Å². The summed E-state index contributed by atoms with van der Waals surface area (Å²) in [6, 6.07) is 10.0. The van der Waals surface area contributed by atoms with Crippen LogP contribution >= 0.6 is 11.9 Å². The van der Waals surface area contributed by atoms with Crippen molar-refractivity contribution in [1.82, 2.24) is 24.8 Å². The number of likely N-dealkylation sites (tertiary alicyclic amines) is 1. The Morgan fingerprint density at radius 3 is 2.44 bits per heavy atom. The number of hydrogen-bond donors (Lipinski definition) is 3. The zero-order valence-corrected chi connectivity index (χ0v) is 20.5. The van der Waals surface area contributed by atoms with Gasteiger partial charge in [-0.3, -0.25) is 0 Å². The maximum Gasteiger partial charge on any atom is 0.228 e. The minimum absolute atomic E-state index is 0.0408. The van der Waals surface area contributed by atoms with Crippen LogP contribution in [0.25, 0.3) is 11.4 Å². The standard InChI is InChI=1S/C24H30N8OS/c1-15(2)32-13-9-19(10-14-32)33-23-20(16(3)25)21(26)29-22(30-23)17-5-7-18(8-6-17)31-34-24-27-11-4-12-28-24/h4-8,11-12,15,19,25,31H,9-10,13-14H2,1-3H3,(H2,26,29,30). The summed E-state index contributed by atoms with van der Waals surface area (Å²) in [5, 5.41) is 8.81. The second kappa shape index (κ2) is 10.8. The van der Waals surface area contributed by atoms with Crippen LogP contribution < -0.4 is 15.2 Å². The van der Waals surface area contributed by atoms with Crippen LogP contribution in [0, 0.1) is 5.41 Å². The number of nitrogens with one attached hydrogen (secondary N) is 2. The molecule has 34 heavy (non-hydrogen) atoms. The lowest BCUT2D eigenvalue weighted by atomic mass is 10.1. The Morgan fingerprint density at radius 1 is 1.15 bits per heavy atom. The molecule has 0 bridgehead atoms. The third-order valence-electron chi connectivity index (χ3n) is 5.71. The van der Waals surface area contributed by atoms with Gasteiger partial charge in [0.25, 0.3) is 0 Å². The van der Waals surface area contributed by atoms with E-state index in [-0.39, 0.29) is 11.9 Å². The topological polar surface area (TPSA) is 126 Å². The summed E-state index contributed by atoms with van der Waals surface area (Å²) in [6.45, 7) is 8.07. The summed E-state index contributed by atoms with van der Waals surface area (Å²) >= 11 is 1.34. The second-order valence-corrected chi connectivity index (χ2v) is 9.27. The number of aromatic nitrogens is 4. The highest BCUT2D eigenvalue weighted by molar-refractivity contribution is 8.00. The van der Waals surface area contributed by atoms with E-state index in [2.05, 4.69) is 43.4 Å². The number of nitrogens with two attached hydrogens (primary N) is 1. The number of hydrogen-bond acceptors (Lipinski definition) is 10. The minimum Gasteiger partial charge on any atom is -0.474 e. The molecule has 4 N–H and O–H groups in total. The summed E-state index contributed by atoms with van der Waals surface area (Å²) in [7, 11) is 0. The Morgan fingerprint density at radius 2 is 1.82 bits per heavy atom. The van der Waals surface area contributed by atoms with Gasteiger partial charge >= 0.3 is 0 Å². The molecule has 4 rings (SSSR count). The first kappa shape index (κ1) is 23.9. The van der Waals surface area contributed by atoms with Crippen LogP contribution in [-0.2, 0) is 0 Å². The van der Waals surface area contributed by atoms with E-state index in [0.29, 0.717) is 34.2 Å².